The van der Waals surface area contributed by atoms with Gasteiger partial charge in [-0.3, -0.25) is 0 Å². The average molecular weight is 258 g/mol. The minimum absolute atomic E-state index is 0.0622. The Morgan fingerprint density at radius 1 is 1.32 bits per heavy atom. The van der Waals surface area contributed by atoms with Crippen LogP contribution < -0.4 is 0 Å². The van der Waals surface area contributed by atoms with Crippen LogP contribution in [0.25, 0.3) is 0 Å². The minimum atomic E-state index is -0.559. The molecule has 5 heteroatoms. The SMILES string of the molecule is CCOC(=O)c1nnc(C2Cc3ccccc3C2)o1. The largest absolute Gasteiger partial charge is 0.459 e. The highest BCUT2D eigenvalue weighted by Crippen LogP contribution is 2.32. The molecule has 0 fully saturated rings. The lowest BCUT2D eigenvalue weighted by Gasteiger charge is -2.01. The van der Waals surface area contributed by atoms with E-state index >= 15 is 0 Å². The molecule has 0 amide bonds. The number of carbonyl (C=O) groups is 1. The van der Waals surface area contributed by atoms with E-state index in [1.807, 2.05) is 12.1 Å². The highest BCUT2D eigenvalue weighted by molar-refractivity contribution is 5.83. The summed E-state index contributed by atoms with van der Waals surface area (Å²) in [7, 11) is 0. The third-order valence-electron chi connectivity index (χ3n) is 3.29. The van der Waals surface area contributed by atoms with Crippen molar-refractivity contribution < 1.29 is 13.9 Å². The van der Waals surface area contributed by atoms with Crippen LogP contribution in [0.5, 0.6) is 0 Å². The monoisotopic (exact) mass is 258 g/mol. The Kier molecular flexibility index (Phi) is 3.03. The number of aromatic nitrogens is 2. The lowest BCUT2D eigenvalue weighted by Crippen LogP contribution is -2.04. The molecule has 1 aliphatic rings. The van der Waals surface area contributed by atoms with E-state index in [0.29, 0.717) is 12.5 Å². The summed E-state index contributed by atoms with van der Waals surface area (Å²) in [4.78, 5) is 11.5. The van der Waals surface area contributed by atoms with Gasteiger partial charge in [-0.15, -0.1) is 10.2 Å². The molecule has 2 aromatic rings. The van der Waals surface area contributed by atoms with Crippen LogP contribution in [0.15, 0.2) is 28.7 Å². The van der Waals surface area contributed by atoms with Crippen LogP contribution in [-0.4, -0.2) is 22.8 Å². The van der Waals surface area contributed by atoms with Gasteiger partial charge in [0.25, 0.3) is 0 Å². The van der Waals surface area contributed by atoms with E-state index < -0.39 is 5.97 Å². The summed E-state index contributed by atoms with van der Waals surface area (Å²) in [6, 6.07) is 8.27. The molecular weight excluding hydrogens is 244 g/mol. The molecule has 0 aliphatic heterocycles. The molecule has 1 aliphatic carbocycles. The summed E-state index contributed by atoms with van der Waals surface area (Å²) in [5.74, 6) is 0.0527. The van der Waals surface area contributed by atoms with E-state index in [1.165, 1.54) is 11.1 Å². The molecule has 19 heavy (non-hydrogen) atoms. The zero-order valence-electron chi connectivity index (χ0n) is 10.6. The van der Waals surface area contributed by atoms with Gasteiger partial charge in [0.1, 0.15) is 0 Å². The topological polar surface area (TPSA) is 65.2 Å². The molecule has 0 spiro atoms. The third kappa shape index (κ3) is 2.23. The van der Waals surface area contributed by atoms with Gasteiger partial charge >= 0.3 is 11.9 Å². The molecule has 0 saturated heterocycles. The third-order valence-corrected chi connectivity index (χ3v) is 3.29. The van der Waals surface area contributed by atoms with Crippen molar-refractivity contribution in [3.8, 4) is 0 Å². The van der Waals surface area contributed by atoms with Gasteiger partial charge in [-0.1, -0.05) is 24.3 Å². The molecule has 3 rings (SSSR count). The summed E-state index contributed by atoms with van der Waals surface area (Å²) in [5, 5.41) is 7.72. The number of nitrogens with zero attached hydrogens (tertiary/aromatic N) is 2. The number of esters is 1. The maximum atomic E-state index is 11.5. The molecule has 1 heterocycles. The van der Waals surface area contributed by atoms with Crippen molar-refractivity contribution in [1.29, 1.82) is 0 Å². The average Bonchev–Trinajstić information content (AvgIpc) is 3.05. The molecule has 0 bridgehead atoms. The van der Waals surface area contributed by atoms with Crippen molar-refractivity contribution in [2.45, 2.75) is 25.7 Å². The number of rotatable bonds is 3. The Morgan fingerprint density at radius 2 is 2.00 bits per heavy atom. The fourth-order valence-electron chi connectivity index (χ4n) is 2.41. The van der Waals surface area contributed by atoms with Crippen LogP contribution in [0.2, 0.25) is 0 Å². The van der Waals surface area contributed by atoms with Crippen LogP contribution >= 0.6 is 0 Å². The van der Waals surface area contributed by atoms with Crippen LogP contribution in [0.1, 0.15) is 40.5 Å². The maximum Gasteiger partial charge on any atom is 0.396 e. The Labute approximate surface area is 110 Å². The summed E-state index contributed by atoms with van der Waals surface area (Å²) in [6.07, 6.45) is 1.75. The van der Waals surface area contributed by atoms with E-state index in [9.17, 15) is 4.79 Å². The van der Waals surface area contributed by atoms with Gasteiger partial charge in [0.2, 0.25) is 5.89 Å². The van der Waals surface area contributed by atoms with Gasteiger partial charge in [-0.2, -0.15) is 0 Å². The van der Waals surface area contributed by atoms with Crippen molar-refractivity contribution in [3.05, 3.63) is 47.2 Å². The second-order valence-corrected chi connectivity index (χ2v) is 4.54. The van der Waals surface area contributed by atoms with Crippen molar-refractivity contribution in [3.63, 3.8) is 0 Å². The van der Waals surface area contributed by atoms with Gasteiger partial charge in [-0.05, 0) is 30.9 Å². The molecular formula is C14H14N2O3. The minimum Gasteiger partial charge on any atom is -0.459 e. The number of ether oxygens (including phenoxy) is 1. The van der Waals surface area contributed by atoms with E-state index in [1.54, 1.807) is 6.92 Å². The highest BCUT2D eigenvalue weighted by atomic mass is 16.5. The Morgan fingerprint density at radius 3 is 2.63 bits per heavy atom. The van der Waals surface area contributed by atoms with Crippen molar-refractivity contribution in [2.75, 3.05) is 6.61 Å². The smallest absolute Gasteiger partial charge is 0.396 e. The van der Waals surface area contributed by atoms with E-state index in [2.05, 4.69) is 22.3 Å². The highest BCUT2D eigenvalue weighted by Gasteiger charge is 2.28. The predicted molar refractivity (Wildman–Crippen MR) is 66.8 cm³/mol. The number of hydrogen-bond acceptors (Lipinski definition) is 5. The Hall–Kier alpha value is -2.17. The quantitative estimate of drug-likeness (QED) is 0.789. The van der Waals surface area contributed by atoms with Gasteiger partial charge in [0.15, 0.2) is 0 Å². The van der Waals surface area contributed by atoms with Crippen molar-refractivity contribution in [2.24, 2.45) is 0 Å². The summed E-state index contributed by atoms with van der Waals surface area (Å²) < 4.78 is 10.2. The van der Waals surface area contributed by atoms with Crippen LogP contribution in [-0.2, 0) is 17.6 Å². The van der Waals surface area contributed by atoms with Crippen LogP contribution in [0, 0.1) is 0 Å². The number of hydrogen-bond donors (Lipinski definition) is 0. The molecule has 1 aromatic heterocycles. The predicted octanol–water partition coefficient (Wildman–Crippen LogP) is 2.13. The second kappa shape index (κ2) is 4.84. The first-order valence-corrected chi connectivity index (χ1v) is 6.35. The van der Waals surface area contributed by atoms with Crippen LogP contribution in [0.4, 0.5) is 0 Å². The second-order valence-electron chi connectivity index (χ2n) is 4.54. The molecule has 1 aromatic carbocycles. The first kappa shape index (κ1) is 11.9. The number of carbonyl (C=O) groups excluding carboxylic acids is 1. The van der Waals surface area contributed by atoms with Gasteiger partial charge in [0, 0.05) is 5.92 Å². The van der Waals surface area contributed by atoms with E-state index in [0.717, 1.165) is 12.8 Å². The first-order valence-electron chi connectivity index (χ1n) is 6.35. The molecule has 0 atom stereocenters. The van der Waals surface area contributed by atoms with Gasteiger partial charge in [0.05, 0.1) is 6.61 Å². The Balaban J connectivity index is 1.77. The van der Waals surface area contributed by atoms with E-state index in [-0.39, 0.29) is 11.8 Å². The van der Waals surface area contributed by atoms with Gasteiger partial charge < -0.3 is 9.15 Å². The zero-order chi connectivity index (χ0) is 13.2. The van der Waals surface area contributed by atoms with E-state index in [4.69, 9.17) is 9.15 Å². The molecule has 98 valence electrons. The standard InChI is InChI=1S/C14H14N2O3/c1-2-18-14(17)13-16-15-12(19-13)11-7-9-5-3-4-6-10(9)8-11/h3-6,11H,2,7-8H2,1H3. The van der Waals surface area contributed by atoms with Crippen molar-refractivity contribution in [1.82, 2.24) is 10.2 Å². The normalized spacial score (nSPS) is 14.4. The summed E-state index contributed by atoms with van der Waals surface area (Å²) in [5.41, 5.74) is 2.62. The fourth-order valence-corrected chi connectivity index (χ4v) is 2.41. The Bertz CT molecular complexity index is 581. The molecule has 5 nitrogen and oxygen atoms in total. The first-order chi connectivity index (χ1) is 9.28. The lowest BCUT2D eigenvalue weighted by atomic mass is 10.1. The molecule has 0 saturated carbocycles. The fraction of sp³-hybridized carbons (Fsp3) is 0.357. The molecule has 0 radical (unpaired) electrons. The number of fused-ring (bicyclic) bond motifs is 1. The lowest BCUT2D eigenvalue weighted by molar-refractivity contribution is 0.0478. The van der Waals surface area contributed by atoms with Crippen LogP contribution in [0.3, 0.4) is 0 Å². The summed E-state index contributed by atoms with van der Waals surface area (Å²) >= 11 is 0. The zero-order valence-corrected chi connectivity index (χ0v) is 10.6. The van der Waals surface area contributed by atoms with Gasteiger partial charge in [-0.25, -0.2) is 4.79 Å². The molecule has 0 N–H and O–H groups in total. The number of benzene rings is 1. The molecule has 0 unspecified atom stereocenters. The summed E-state index contributed by atoms with van der Waals surface area (Å²) in [6.45, 7) is 2.04. The van der Waals surface area contributed by atoms with Crippen molar-refractivity contribution >= 4 is 5.97 Å². The maximum absolute atomic E-state index is 11.5.